The molecule has 0 spiro atoms. The molecule has 50 valence electrons. The molecule has 0 aliphatic rings. The van der Waals surface area contributed by atoms with Gasteiger partial charge in [0.1, 0.15) is 0 Å². The largest absolute Gasteiger partial charge is 2.00 e. The van der Waals surface area contributed by atoms with Crippen molar-refractivity contribution in [3.63, 3.8) is 0 Å². The van der Waals surface area contributed by atoms with Gasteiger partial charge in [0.15, 0.2) is 17.4 Å². The van der Waals surface area contributed by atoms with Gasteiger partial charge in [-0.2, -0.15) is 8.42 Å². The SMILES string of the molecule is O=S(=O)(O)O.[AlH3].[Ca+2].[Fe].[H-].[H-]. The molecule has 0 aliphatic carbocycles. The van der Waals surface area contributed by atoms with Gasteiger partial charge in [0.25, 0.3) is 0 Å². The van der Waals surface area contributed by atoms with E-state index in [1.807, 2.05) is 0 Å². The van der Waals surface area contributed by atoms with E-state index in [4.69, 9.17) is 17.5 Å². The molecule has 0 bridgehead atoms. The van der Waals surface area contributed by atoms with Crippen LogP contribution in [0.2, 0.25) is 0 Å². The van der Waals surface area contributed by atoms with Gasteiger partial charge in [-0.25, -0.2) is 0 Å². The molecular formula is H7AlCaFeO4S. The number of hydrogen-bond donors (Lipinski definition) is 2. The Labute approximate surface area is 102 Å². The van der Waals surface area contributed by atoms with E-state index in [0.717, 1.165) is 0 Å². The standard InChI is InChI=1S/Al.Ca.Fe.H2O4S.5H/c;;;1-5(2,3)4;;;;;/h;;;(H2,1,2,3,4);;;;;/q;+2;;;;;;2*-1. The average Bonchev–Trinajstić information content (AvgIpc) is 0.722. The van der Waals surface area contributed by atoms with Gasteiger partial charge in [0.05, 0.1) is 0 Å². The molecular weight excluding hydrogens is 219 g/mol. The van der Waals surface area contributed by atoms with Gasteiger partial charge >= 0.3 is 48.1 Å². The monoisotopic (exact) mass is 226 g/mol. The fraction of sp³-hybridized carbons (Fsp3) is 0. The average molecular weight is 226 g/mol. The van der Waals surface area contributed by atoms with E-state index < -0.39 is 10.4 Å². The van der Waals surface area contributed by atoms with Gasteiger partial charge in [-0.1, -0.05) is 0 Å². The molecule has 0 rings (SSSR count). The predicted octanol–water partition coefficient (Wildman–Crippen LogP) is -1.99. The Hall–Kier alpha value is 2.18. The summed E-state index contributed by atoms with van der Waals surface area (Å²) in [5.74, 6) is 0. The molecule has 0 saturated heterocycles. The molecule has 0 aromatic rings. The Morgan fingerprint density at radius 1 is 1.25 bits per heavy atom. The first-order chi connectivity index (χ1) is 2.00. The van der Waals surface area contributed by atoms with Crippen LogP contribution in [0.25, 0.3) is 0 Å². The molecule has 0 atom stereocenters. The maximum atomic E-state index is 8.74. The van der Waals surface area contributed by atoms with Crippen molar-refractivity contribution in [1.82, 2.24) is 0 Å². The van der Waals surface area contributed by atoms with E-state index in [2.05, 4.69) is 0 Å². The third kappa shape index (κ3) is 88.7. The minimum absolute atomic E-state index is 0. The first kappa shape index (κ1) is 22.5. The molecule has 0 saturated carbocycles. The number of rotatable bonds is 0. The van der Waals surface area contributed by atoms with Crippen molar-refractivity contribution >= 4 is 65.5 Å². The van der Waals surface area contributed by atoms with Crippen LogP contribution in [0.3, 0.4) is 0 Å². The zero-order valence-corrected chi connectivity index (χ0v) is 7.31. The molecule has 0 radical (unpaired) electrons. The third-order valence-corrected chi connectivity index (χ3v) is 0. The van der Waals surface area contributed by atoms with Gasteiger partial charge in [-0.15, -0.1) is 0 Å². The van der Waals surface area contributed by atoms with Gasteiger partial charge < -0.3 is 2.85 Å². The van der Waals surface area contributed by atoms with E-state index in [-0.39, 0.29) is 75.0 Å². The summed E-state index contributed by atoms with van der Waals surface area (Å²) in [4.78, 5) is 0. The summed E-state index contributed by atoms with van der Waals surface area (Å²) in [5, 5.41) is 0. The van der Waals surface area contributed by atoms with Gasteiger partial charge in [0.2, 0.25) is 0 Å². The molecule has 0 aromatic carbocycles. The Bertz CT molecular complexity index is 106. The van der Waals surface area contributed by atoms with Crippen LogP contribution in [0.1, 0.15) is 2.85 Å². The number of hydrogen-bond acceptors (Lipinski definition) is 2. The molecule has 0 aromatic heterocycles. The maximum absolute atomic E-state index is 8.74. The van der Waals surface area contributed by atoms with Gasteiger partial charge in [0, 0.05) is 17.1 Å². The molecule has 2 N–H and O–H groups in total. The first-order valence-corrected chi connectivity index (χ1v) is 2.10. The second-order valence-corrected chi connectivity index (χ2v) is 1.34. The predicted molar refractivity (Wildman–Crippen MR) is 32.1 cm³/mol. The Morgan fingerprint density at radius 3 is 1.25 bits per heavy atom. The van der Waals surface area contributed by atoms with Crippen LogP contribution in [0.5, 0.6) is 0 Å². The Balaban J connectivity index is -0.00000000800. The minimum Gasteiger partial charge on any atom is -1.00 e. The minimum atomic E-state index is -4.67. The van der Waals surface area contributed by atoms with Crippen LogP contribution >= 0.6 is 0 Å². The Kier molecular flexibility index (Phi) is 25.8. The fourth-order valence-corrected chi connectivity index (χ4v) is 0. The molecule has 0 aliphatic heterocycles. The summed E-state index contributed by atoms with van der Waals surface area (Å²) in [5.41, 5.74) is 0. The topological polar surface area (TPSA) is 74.6 Å². The quantitative estimate of drug-likeness (QED) is 0.370. The molecule has 0 amide bonds. The summed E-state index contributed by atoms with van der Waals surface area (Å²) in [6.07, 6.45) is 0. The summed E-state index contributed by atoms with van der Waals surface area (Å²) >= 11 is 0. The van der Waals surface area contributed by atoms with Crippen molar-refractivity contribution in [2.24, 2.45) is 0 Å². The van der Waals surface area contributed by atoms with E-state index >= 15 is 0 Å². The molecule has 8 heteroatoms. The maximum Gasteiger partial charge on any atom is 2.00 e. The molecule has 0 fully saturated rings. The fourth-order valence-electron chi connectivity index (χ4n) is 0. The summed E-state index contributed by atoms with van der Waals surface area (Å²) in [7, 11) is -4.67. The molecule has 4 nitrogen and oxygen atoms in total. The molecule has 0 heterocycles. The van der Waals surface area contributed by atoms with E-state index in [0.29, 0.717) is 0 Å². The van der Waals surface area contributed by atoms with E-state index in [1.165, 1.54) is 0 Å². The zero-order valence-electron chi connectivity index (χ0n) is 5.18. The van der Waals surface area contributed by atoms with Crippen LogP contribution in [0, 0.1) is 0 Å². The van der Waals surface area contributed by atoms with Gasteiger partial charge in [-0.05, 0) is 0 Å². The summed E-state index contributed by atoms with van der Waals surface area (Å²) in [6.45, 7) is 0. The normalized spacial score (nSPS) is 7.25. The third-order valence-electron chi connectivity index (χ3n) is 0. The van der Waals surface area contributed by atoms with Crippen LogP contribution < -0.4 is 0 Å². The van der Waals surface area contributed by atoms with Crippen molar-refractivity contribution in [3.8, 4) is 0 Å². The first-order valence-electron chi connectivity index (χ1n) is 0.698. The van der Waals surface area contributed by atoms with Crippen molar-refractivity contribution in [2.45, 2.75) is 0 Å². The molecule has 8 heavy (non-hydrogen) atoms. The summed E-state index contributed by atoms with van der Waals surface area (Å²) < 4.78 is 31.6. The van der Waals surface area contributed by atoms with Crippen molar-refractivity contribution in [3.05, 3.63) is 0 Å². The summed E-state index contributed by atoms with van der Waals surface area (Å²) in [6, 6.07) is 0. The van der Waals surface area contributed by atoms with Crippen LogP contribution in [-0.2, 0) is 27.5 Å². The second-order valence-electron chi connectivity index (χ2n) is 0.448. The van der Waals surface area contributed by atoms with Crippen LogP contribution in [0.15, 0.2) is 0 Å². The second kappa shape index (κ2) is 9.18. The van der Waals surface area contributed by atoms with E-state index in [9.17, 15) is 0 Å². The van der Waals surface area contributed by atoms with Crippen molar-refractivity contribution < 1.29 is 37.4 Å². The smallest absolute Gasteiger partial charge is 1.00 e. The van der Waals surface area contributed by atoms with Gasteiger partial charge in [-0.3, -0.25) is 9.11 Å². The zero-order chi connectivity index (χ0) is 4.50. The Morgan fingerprint density at radius 2 is 1.25 bits per heavy atom. The van der Waals surface area contributed by atoms with Crippen molar-refractivity contribution in [2.75, 3.05) is 0 Å². The van der Waals surface area contributed by atoms with Crippen LogP contribution in [-0.4, -0.2) is 72.6 Å². The van der Waals surface area contributed by atoms with E-state index in [1.54, 1.807) is 0 Å². The van der Waals surface area contributed by atoms with Crippen molar-refractivity contribution in [1.29, 1.82) is 0 Å². The van der Waals surface area contributed by atoms with Crippen LogP contribution in [0.4, 0.5) is 0 Å². The molecule has 0 unspecified atom stereocenters.